The van der Waals surface area contributed by atoms with Crippen LogP contribution in [0, 0.1) is 0 Å². The van der Waals surface area contributed by atoms with Crippen molar-refractivity contribution in [1.82, 2.24) is 5.32 Å². The van der Waals surface area contributed by atoms with Crippen LogP contribution < -0.4 is 11.1 Å². The van der Waals surface area contributed by atoms with Crippen molar-refractivity contribution in [2.45, 2.75) is 38.8 Å². The lowest BCUT2D eigenvalue weighted by molar-refractivity contribution is -0.126. The van der Waals surface area contributed by atoms with Crippen molar-refractivity contribution >= 4 is 17.5 Å². The summed E-state index contributed by atoms with van der Waals surface area (Å²) in [6.07, 6.45) is 0.603. The highest BCUT2D eigenvalue weighted by Crippen LogP contribution is 2.17. The molecule has 0 aromatic heterocycles. The van der Waals surface area contributed by atoms with Gasteiger partial charge in [0.2, 0.25) is 5.91 Å². The van der Waals surface area contributed by atoms with E-state index in [2.05, 4.69) is 5.32 Å². The molecule has 0 heterocycles. The van der Waals surface area contributed by atoms with Gasteiger partial charge in [-0.1, -0.05) is 30.7 Å². The molecule has 17 heavy (non-hydrogen) atoms. The van der Waals surface area contributed by atoms with E-state index < -0.39 is 5.54 Å². The minimum atomic E-state index is -0.819. The summed E-state index contributed by atoms with van der Waals surface area (Å²) in [5.41, 5.74) is 6.07. The van der Waals surface area contributed by atoms with E-state index in [0.717, 1.165) is 5.56 Å². The van der Waals surface area contributed by atoms with E-state index in [1.807, 2.05) is 26.0 Å². The topological polar surface area (TPSA) is 55.1 Å². The average Bonchev–Trinajstić information content (AvgIpc) is 2.29. The van der Waals surface area contributed by atoms with Gasteiger partial charge in [0.25, 0.3) is 0 Å². The number of nitrogens with one attached hydrogen (secondary N) is 1. The van der Waals surface area contributed by atoms with Gasteiger partial charge in [-0.3, -0.25) is 4.79 Å². The summed E-state index contributed by atoms with van der Waals surface area (Å²) >= 11 is 5.81. The molecule has 0 aliphatic heterocycles. The normalized spacial score (nSPS) is 16.1. The molecule has 0 bridgehead atoms. The van der Waals surface area contributed by atoms with Crippen LogP contribution in [0.4, 0.5) is 0 Å². The molecule has 4 heteroatoms. The molecule has 1 aromatic rings. The highest BCUT2D eigenvalue weighted by atomic mass is 35.5. The van der Waals surface area contributed by atoms with Gasteiger partial charge < -0.3 is 11.1 Å². The number of hydrogen-bond acceptors (Lipinski definition) is 2. The van der Waals surface area contributed by atoms with E-state index in [1.54, 1.807) is 19.1 Å². The molecule has 1 amide bonds. The molecule has 0 aliphatic rings. The lowest BCUT2D eigenvalue weighted by Gasteiger charge is -2.24. The van der Waals surface area contributed by atoms with Crippen LogP contribution in [0.2, 0.25) is 5.02 Å². The molecule has 0 radical (unpaired) electrons. The minimum absolute atomic E-state index is 0.0748. The van der Waals surface area contributed by atoms with E-state index in [0.29, 0.717) is 11.4 Å². The quantitative estimate of drug-likeness (QED) is 0.868. The number of benzene rings is 1. The van der Waals surface area contributed by atoms with Crippen LogP contribution in [0.15, 0.2) is 24.3 Å². The van der Waals surface area contributed by atoms with Crippen molar-refractivity contribution in [2.24, 2.45) is 5.73 Å². The Morgan fingerprint density at radius 3 is 2.47 bits per heavy atom. The summed E-state index contributed by atoms with van der Waals surface area (Å²) in [6, 6.07) is 7.33. The van der Waals surface area contributed by atoms with Gasteiger partial charge in [-0.15, -0.1) is 0 Å². The lowest BCUT2D eigenvalue weighted by Crippen LogP contribution is -2.51. The fourth-order valence-electron chi connectivity index (χ4n) is 1.36. The van der Waals surface area contributed by atoms with Crippen LogP contribution in [0.5, 0.6) is 0 Å². The first-order valence-electron chi connectivity index (χ1n) is 5.72. The molecule has 3 nitrogen and oxygen atoms in total. The van der Waals surface area contributed by atoms with Crippen LogP contribution >= 0.6 is 11.6 Å². The maximum Gasteiger partial charge on any atom is 0.240 e. The molecule has 1 rings (SSSR count). The predicted molar refractivity (Wildman–Crippen MR) is 70.9 cm³/mol. The third-order valence-corrected chi connectivity index (χ3v) is 3.22. The van der Waals surface area contributed by atoms with Gasteiger partial charge in [0.15, 0.2) is 0 Å². The molecule has 2 atom stereocenters. The fourth-order valence-corrected chi connectivity index (χ4v) is 1.48. The number of hydrogen-bond donors (Lipinski definition) is 2. The summed E-state index contributed by atoms with van der Waals surface area (Å²) in [5, 5.41) is 3.58. The number of rotatable bonds is 4. The minimum Gasteiger partial charge on any atom is -0.348 e. The van der Waals surface area contributed by atoms with Gasteiger partial charge in [-0.05, 0) is 38.0 Å². The van der Waals surface area contributed by atoms with Crippen molar-refractivity contribution in [3.63, 3.8) is 0 Å². The number of nitrogens with two attached hydrogens (primary N) is 1. The fraction of sp³-hybridized carbons (Fsp3) is 0.462. The maximum atomic E-state index is 11.9. The first-order chi connectivity index (χ1) is 7.86. The molecular weight excluding hydrogens is 236 g/mol. The summed E-state index contributed by atoms with van der Waals surface area (Å²) in [5.74, 6) is -0.137. The first-order valence-corrected chi connectivity index (χ1v) is 6.10. The van der Waals surface area contributed by atoms with E-state index in [1.165, 1.54) is 0 Å². The molecule has 0 saturated carbocycles. The zero-order valence-corrected chi connectivity index (χ0v) is 11.2. The Labute approximate surface area is 107 Å². The zero-order chi connectivity index (χ0) is 13.1. The van der Waals surface area contributed by atoms with Gasteiger partial charge in [0.1, 0.15) is 0 Å². The van der Waals surface area contributed by atoms with Gasteiger partial charge >= 0.3 is 0 Å². The van der Waals surface area contributed by atoms with Crippen LogP contribution in [0.25, 0.3) is 0 Å². The second-order valence-corrected chi connectivity index (χ2v) is 4.95. The highest BCUT2D eigenvalue weighted by molar-refractivity contribution is 6.30. The van der Waals surface area contributed by atoms with E-state index in [9.17, 15) is 4.79 Å². The van der Waals surface area contributed by atoms with Crippen LogP contribution in [0.3, 0.4) is 0 Å². The Morgan fingerprint density at radius 2 is 2.00 bits per heavy atom. The van der Waals surface area contributed by atoms with Crippen LogP contribution in [0.1, 0.15) is 38.8 Å². The zero-order valence-electron chi connectivity index (χ0n) is 10.5. The molecule has 0 fully saturated rings. The van der Waals surface area contributed by atoms with Crippen molar-refractivity contribution in [2.75, 3.05) is 0 Å². The second-order valence-electron chi connectivity index (χ2n) is 4.52. The molecule has 1 aromatic carbocycles. The largest absolute Gasteiger partial charge is 0.348 e. The van der Waals surface area contributed by atoms with Gasteiger partial charge in [-0.2, -0.15) is 0 Å². The molecule has 1 unspecified atom stereocenters. The van der Waals surface area contributed by atoms with E-state index in [-0.39, 0.29) is 11.9 Å². The number of amides is 1. The Balaban J connectivity index is 2.70. The highest BCUT2D eigenvalue weighted by Gasteiger charge is 2.27. The van der Waals surface area contributed by atoms with E-state index in [4.69, 9.17) is 17.3 Å². The molecule has 3 N–H and O–H groups in total. The monoisotopic (exact) mass is 254 g/mol. The molecule has 94 valence electrons. The SMILES string of the molecule is CCC(C)(N)C(=O)N[C@H](C)c1ccc(Cl)cc1. The summed E-state index contributed by atoms with van der Waals surface area (Å²) in [7, 11) is 0. The first kappa shape index (κ1) is 14.0. The van der Waals surface area contributed by atoms with E-state index >= 15 is 0 Å². The summed E-state index contributed by atoms with van der Waals surface area (Å²) in [4.78, 5) is 11.9. The maximum absolute atomic E-state index is 11.9. The third kappa shape index (κ3) is 3.72. The molecule has 0 spiro atoms. The lowest BCUT2D eigenvalue weighted by atomic mass is 9.98. The average molecular weight is 255 g/mol. The summed E-state index contributed by atoms with van der Waals surface area (Å²) < 4.78 is 0. The number of carbonyl (C=O) groups is 1. The van der Waals surface area contributed by atoms with Crippen molar-refractivity contribution in [1.29, 1.82) is 0 Å². The van der Waals surface area contributed by atoms with Crippen LogP contribution in [-0.4, -0.2) is 11.4 Å². The number of halogens is 1. The molecule has 0 aliphatic carbocycles. The Kier molecular flexibility index (Phi) is 4.54. The third-order valence-electron chi connectivity index (χ3n) is 2.97. The van der Waals surface area contributed by atoms with Gasteiger partial charge in [0, 0.05) is 5.02 Å². The van der Waals surface area contributed by atoms with Gasteiger partial charge in [0.05, 0.1) is 11.6 Å². The van der Waals surface area contributed by atoms with Gasteiger partial charge in [-0.25, -0.2) is 0 Å². The molecule has 0 saturated heterocycles. The Bertz CT molecular complexity index is 387. The Hall–Kier alpha value is -1.06. The standard InChI is InChI=1S/C13H19ClN2O/c1-4-13(3,15)12(17)16-9(2)10-5-7-11(14)8-6-10/h5-9H,4,15H2,1-3H3,(H,16,17)/t9-,13?/m1/s1. The van der Waals surface area contributed by atoms with Crippen molar-refractivity contribution in [3.8, 4) is 0 Å². The second kappa shape index (κ2) is 5.52. The van der Waals surface area contributed by atoms with Crippen molar-refractivity contribution in [3.05, 3.63) is 34.9 Å². The smallest absolute Gasteiger partial charge is 0.240 e. The molecular formula is C13H19ClN2O. The predicted octanol–water partition coefficient (Wildman–Crippen LogP) is 2.64. The Morgan fingerprint density at radius 1 is 1.47 bits per heavy atom. The number of carbonyl (C=O) groups excluding carboxylic acids is 1. The van der Waals surface area contributed by atoms with Crippen LogP contribution in [-0.2, 0) is 4.79 Å². The summed E-state index contributed by atoms with van der Waals surface area (Å²) in [6.45, 7) is 5.55. The van der Waals surface area contributed by atoms with Crippen molar-refractivity contribution < 1.29 is 4.79 Å².